The van der Waals surface area contributed by atoms with Gasteiger partial charge in [0.1, 0.15) is 11.6 Å². The highest BCUT2D eigenvalue weighted by molar-refractivity contribution is 5.47. The number of hydrogen-bond donors (Lipinski definition) is 2. The molecular formula is C12H20N2O2. The Balaban J connectivity index is 3.07. The Bertz CT molecular complexity index is 357. The van der Waals surface area contributed by atoms with Gasteiger partial charge in [0.05, 0.1) is 12.7 Å². The lowest BCUT2D eigenvalue weighted by Gasteiger charge is -2.21. The van der Waals surface area contributed by atoms with Gasteiger partial charge in [0, 0.05) is 23.9 Å². The van der Waals surface area contributed by atoms with Gasteiger partial charge >= 0.3 is 0 Å². The maximum absolute atomic E-state index is 9.93. The van der Waals surface area contributed by atoms with Crippen molar-refractivity contribution in [3.63, 3.8) is 0 Å². The molecule has 0 aliphatic heterocycles. The van der Waals surface area contributed by atoms with Gasteiger partial charge in [0.15, 0.2) is 0 Å². The summed E-state index contributed by atoms with van der Waals surface area (Å²) in [6.07, 6.45) is 1.64. The van der Waals surface area contributed by atoms with Gasteiger partial charge < -0.3 is 15.2 Å². The lowest BCUT2D eigenvalue weighted by atomic mass is 9.99. The minimum Gasteiger partial charge on any atom is -0.496 e. The van der Waals surface area contributed by atoms with Crippen molar-refractivity contribution < 1.29 is 9.84 Å². The van der Waals surface area contributed by atoms with E-state index in [-0.39, 0.29) is 0 Å². The molecule has 0 aliphatic carbocycles. The van der Waals surface area contributed by atoms with Gasteiger partial charge in [0.2, 0.25) is 0 Å². The Morgan fingerprint density at radius 2 is 2.06 bits per heavy atom. The van der Waals surface area contributed by atoms with Gasteiger partial charge in [-0.25, -0.2) is 4.98 Å². The second kappa shape index (κ2) is 4.70. The number of ether oxygens (including phenoxy) is 1. The van der Waals surface area contributed by atoms with Crippen LogP contribution in [0.3, 0.4) is 0 Å². The fourth-order valence-electron chi connectivity index (χ4n) is 1.44. The van der Waals surface area contributed by atoms with E-state index in [4.69, 9.17) is 4.74 Å². The molecule has 1 rings (SSSR count). The third kappa shape index (κ3) is 3.10. The fraction of sp³-hybridized carbons (Fsp3) is 0.583. The molecule has 0 amide bonds. The molecule has 4 heteroatoms. The molecular weight excluding hydrogens is 204 g/mol. The van der Waals surface area contributed by atoms with Crippen molar-refractivity contribution in [3.8, 4) is 5.75 Å². The SMILES string of the molecule is COc1cc(NC(C)C)ncc1C(C)(C)O. The monoisotopic (exact) mass is 224 g/mol. The molecule has 0 aliphatic rings. The molecule has 0 radical (unpaired) electrons. The van der Waals surface area contributed by atoms with E-state index in [1.54, 1.807) is 33.2 Å². The van der Waals surface area contributed by atoms with Crippen molar-refractivity contribution in [2.24, 2.45) is 0 Å². The Labute approximate surface area is 96.7 Å². The predicted octanol–water partition coefficient (Wildman–Crippen LogP) is 2.14. The third-order valence-electron chi connectivity index (χ3n) is 2.18. The largest absolute Gasteiger partial charge is 0.496 e. The maximum atomic E-state index is 9.93. The summed E-state index contributed by atoms with van der Waals surface area (Å²) in [6, 6.07) is 2.11. The molecule has 0 bridgehead atoms. The molecule has 4 nitrogen and oxygen atoms in total. The summed E-state index contributed by atoms with van der Waals surface area (Å²) < 4.78 is 5.25. The zero-order valence-corrected chi connectivity index (χ0v) is 10.5. The number of nitrogens with zero attached hydrogens (tertiary/aromatic N) is 1. The summed E-state index contributed by atoms with van der Waals surface area (Å²) in [5.41, 5.74) is -0.265. The van der Waals surface area contributed by atoms with Crippen LogP contribution in [0, 0.1) is 0 Å². The first-order chi connectivity index (χ1) is 7.34. The minimum absolute atomic E-state index is 0.310. The summed E-state index contributed by atoms with van der Waals surface area (Å²) >= 11 is 0. The molecule has 1 aromatic heterocycles. The van der Waals surface area contributed by atoms with E-state index in [1.165, 1.54) is 0 Å². The highest BCUT2D eigenvalue weighted by atomic mass is 16.5. The Hall–Kier alpha value is -1.29. The van der Waals surface area contributed by atoms with Crippen molar-refractivity contribution in [2.45, 2.75) is 39.3 Å². The van der Waals surface area contributed by atoms with E-state index in [0.717, 1.165) is 5.82 Å². The number of methoxy groups -OCH3 is 1. The second-order valence-electron chi connectivity index (χ2n) is 4.63. The molecule has 16 heavy (non-hydrogen) atoms. The zero-order chi connectivity index (χ0) is 12.3. The number of rotatable bonds is 4. The first-order valence-corrected chi connectivity index (χ1v) is 5.38. The Morgan fingerprint density at radius 1 is 1.44 bits per heavy atom. The van der Waals surface area contributed by atoms with Crippen LogP contribution in [0.25, 0.3) is 0 Å². The molecule has 0 saturated carbocycles. The normalized spacial score (nSPS) is 11.7. The molecule has 2 N–H and O–H groups in total. The lowest BCUT2D eigenvalue weighted by Crippen LogP contribution is -2.18. The topological polar surface area (TPSA) is 54.4 Å². The smallest absolute Gasteiger partial charge is 0.130 e. The van der Waals surface area contributed by atoms with Crippen molar-refractivity contribution in [3.05, 3.63) is 17.8 Å². The zero-order valence-electron chi connectivity index (χ0n) is 10.5. The molecule has 0 unspecified atom stereocenters. The summed E-state index contributed by atoms with van der Waals surface area (Å²) in [7, 11) is 1.59. The van der Waals surface area contributed by atoms with Crippen LogP contribution in [0.2, 0.25) is 0 Å². The molecule has 0 spiro atoms. The molecule has 90 valence electrons. The second-order valence-corrected chi connectivity index (χ2v) is 4.63. The van der Waals surface area contributed by atoms with Crippen LogP contribution in [0.15, 0.2) is 12.3 Å². The first-order valence-electron chi connectivity index (χ1n) is 5.38. The predicted molar refractivity (Wildman–Crippen MR) is 64.8 cm³/mol. The van der Waals surface area contributed by atoms with E-state index >= 15 is 0 Å². The lowest BCUT2D eigenvalue weighted by molar-refractivity contribution is 0.0753. The number of anilines is 1. The van der Waals surface area contributed by atoms with Crippen LogP contribution in [0.1, 0.15) is 33.3 Å². The summed E-state index contributed by atoms with van der Waals surface area (Å²) in [5, 5.41) is 13.1. The summed E-state index contributed by atoms with van der Waals surface area (Å²) in [4.78, 5) is 4.24. The highest BCUT2D eigenvalue weighted by Crippen LogP contribution is 2.30. The molecule has 0 fully saturated rings. The maximum Gasteiger partial charge on any atom is 0.130 e. The van der Waals surface area contributed by atoms with Gasteiger partial charge in [-0.05, 0) is 27.7 Å². The van der Waals surface area contributed by atoms with E-state index < -0.39 is 5.60 Å². The third-order valence-corrected chi connectivity index (χ3v) is 2.18. The van der Waals surface area contributed by atoms with Crippen LogP contribution in [0.4, 0.5) is 5.82 Å². The summed E-state index contributed by atoms with van der Waals surface area (Å²) in [6.45, 7) is 7.50. The number of pyridine rings is 1. The van der Waals surface area contributed by atoms with Gasteiger partial charge in [-0.15, -0.1) is 0 Å². The number of hydrogen-bond acceptors (Lipinski definition) is 4. The minimum atomic E-state index is -0.950. The van der Waals surface area contributed by atoms with E-state index in [1.807, 2.05) is 13.8 Å². The Morgan fingerprint density at radius 3 is 2.50 bits per heavy atom. The van der Waals surface area contributed by atoms with Crippen LogP contribution in [-0.2, 0) is 5.60 Å². The van der Waals surface area contributed by atoms with Gasteiger partial charge in [0.25, 0.3) is 0 Å². The molecule has 0 atom stereocenters. The number of aromatic nitrogens is 1. The van der Waals surface area contributed by atoms with Crippen molar-refractivity contribution >= 4 is 5.82 Å². The van der Waals surface area contributed by atoms with E-state index in [9.17, 15) is 5.11 Å². The van der Waals surface area contributed by atoms with E-state index in [2.05, 4.69) is 10.3 Å². The standard InChI is InChI=1S/C12H20N2O2/c1-8(2)14-11-6-10(16-5)9(7-13-11)12(3,4)15/h6-8,15H,1-5H3,(H,13,14). The molecule has 0 saturated heterocycles. The van der Waals surface area contributed by atoms with Gasteiger partial charge in [-0.3, -0.25) is 0 Å². The van der Waals surface area contributed by atoms with Crippen LogP contribution in [-0.4, -0.2) is 23.2 Å². The van der Waals surface area contributed by atoms with Crippen LogP contribution in [0.5, 0.6) is 5.75 Å². The molecule has 1 aromatic rings. The van der Waals surface area contributed by atoms with Crippen molar-refractivity contribution in [1.82, 2.24) is 4.98 Å². The van der Waals surface area contributed by atoms with Crippen LogP contribution >= 0.6 is 0 Å². The average Bonchev–Trinajstić information content (AvgIpc) is 2.14. The Kier molecular flexibility index (Phi) is 3.75. The van der Waals surface area contributed by atoms with Gasteiger partial charge in [-0.1, -0.05) is 0 Å². The van der Waals surface area contributed by atoms with E-state index in [0.29, 0.717) is 17.4 Å². The molecule has 0 aromatic carbocycles. The quantitative estimate of drug-likeness (QED) is 0.822. The number of nitrogens with one attached hydrogen (secondary N) is 1. The average molecular weight is 224 g/mol. The van der Waals surface area contributed by atoms with Gasteiger partial charge in [-0.2, -0.15) is 0 Å². The van der Waals surface area contributed by atoms with Crippen molar-refractivity contribution in [1.29, 1.82) is 0 Å². The fourth-order valence-corrected chi connectivity index (χ4v) is 1.44. The first kappa shape index (κ1) is 12.8. The number of aliphatic hydroxyl groups is 1. The highest BCUT2D eigenvalue weighted by Gasteiger charge is 2.21. The van der Waals surface area contributed by atoms with Crippen molar-refractivity contribution in [2.75, 3.05) is 12.4 Å². The van der Waals surface area contributed by atoms with Crippen LogP contribution < -0.4 is 10.1 Å². The molecule has 1 heterocycles. The summed E-state index contributed by atoms with van der Waals surface area (Å²) in [5.74, 6) is 1.39.